The quantitative estimate of drug-likeness (QED) is 0.615. The topological polar surface area (TPSA) is 69.6 Å². The molecule has 1 aromatic heterocycles. The van der Waals surface area contributed by atoms with Crippen LogP contribution in [-0.4, -0.2) is 32.5 Å². The normalized spacial score (nSPS) is 17.2. The molecule has 1 fully saturated rings. The van der Waals surface area contributed by atoms with E-state index in [4.69, 9.17) is 5.73 Å². The molecule has 6 heteroatoms. The summed E-state index contributed by atoms with van der Waals surface area (Å²) in [5.41, 5.74) is 5.99. The Morgan fingerprint density at radius 2 is 2.11 bits per heavy atom. The highest BCUT2D eigenvalue weighted by Gasteiger charge is 2.21. The Bertz CT molecular complexity index is 384. The van der Waals surface area contributed by atoms with E-state index in [1.54, 1.807) is 11.8 Å². The Balaban J connectivity index is 1.78. The van der Waals surface area contributed by atoms with E-state index in [-0.39, 0.29) is 5.41 Å². The molecule has 0 spiro atoms. The van der Waals surface area contributed by atoms with Crippen molar-refractivity contribution in [1.82, 2.24) is 20.2 Å². The van der Waals surface area contributed by atoms with Gasteiger partial charge in [0.05, 0.1) is 6.04 Å². The maximum absolute atomic E-state index is 5.75. The molecule has 0 amide bonds. The van der Waals surface area contributed by atoms with E-state index in [0.29, 0.717) is 6.04 Å². The van der Waals surface area contributed by atoms with Crippen molar-refractivity contribution >= 4 is 11.8 Å². The van der Waals surface area contributed by atoms with E-state index < -0.39 is 0 Å². The lowest BCUT2D eigenvalue weighted by Crippen LogP contribution is -2.23. The van der Waals surface area contributed by atoms with E-state index in [9.17, 15) is 0 Å². The number of hydrogen-bond acceptors (Lipinski definition) is 5. The van der Waals surface area contributed by atoms with Crippen LogP contribution < -0.4 is 5.73 Å². The molecule has 5 nitrogen and oxygen atoms in total. The molecular weight excluding hydrogens is 258 g/mol. The van der Waals surface area contributed by atoms with E-state index in [0.717, 1.165) is 30.3 Å². The van der Waals surface area contributed by atoms with Crippen LogP contribution in [0.1, 0.15) is 58.4 Å². The number of hydrogen-bond donors (Lipinski definition) is 1. The average Bonchev–Trinajstić information content (AvgIpc) is 3.05. The molecule has 0 aromatic carbocycles. The lowest BCUT2D eigenvalue weighted by atomic mass is 9.88. The first-order valence-corrected chi connectivity index (χ1v) is 8.22. The fraction of sp³-hybridized carbons (Fsp3) is 0.923. The van der Waals surface area contributed by atoms with E-state index in [1.807, 2.05) is 4.68 Å². The second-order valence-corrected chi connectivity index (χ2v) is 7.23. The number of aromatic nitrogens is 4. The summed E-state index contributed by atoms with van der Waals surface area (Å²) < 4.78 is 2.03. The second-order valence-electron chi connectivity index (χ2n) is 6.16. The van der Waals surface area contributed by atoms with Crippen LogP contribution in [-0.2, 0) is 0 Å². The highest BCUT2D eigenvalue weighted by molar-refractivity contribution is 7.99. The molecule has 0 bridgehead atoms. The fourth-order valence-electron chi connectivity index (χ4n) is 2.47. The summed E-state index contributed by atoms with van der Waals surface area (Å²) in [6.07, 6.45) is 7.37. The molecule has 1 saturated carbocycles. The number of thioether (sulfide) groups is 1. The maximum atomic E-state index is 5.75. The van der Waals surface area contributed by atoms with Crippen molar-refractivity contribution in [3.05, 3.63) is 0 Å². The van der Waals surface area contributed by atoms with Gasteiger partial charge >= 0.3 is 0 Å². The molecule has 2 N–H and O–H groups in total. The fourth-order valence-corrected chi connectivity index (χ4v) is 3.36. The van der Waals surface area contributed by atoms with Crippen LogP contribution in [0.15, 0.2) is 5.16 Å². The van der Waals surface area contributed by atoms with Gasteiger partial charge in [0.25, 0.3) is 0 Å². The third-order valence-corrected chi connectivity index (χ3v) is 4.93. The minimum absolute atomic E-state index is 0.248. The van der Waals surface area contributed by atoms with Crippen molar-refractivity contribution in [2.24, 2.45) is 11.1 Å². The summed E-state index contributed by atoms with van der Waals surface area (Å²) in [5.74, 6) is 1.07. The molecule has 2 rings (SSSR count). The Morgan fingerprint density at radius 1 is 1.37 bits per heavy atom. The van der Waals surface area contributed by atoms with Crippen LogP contribution in [0.5, 0.6) is 0 Å². The van der Waals surface area contributed by atoms with Crippen molar-refractivity contribution in [2.75, 3.05) is 12.3 Å². The Morgan fingerprint density at radius 3 is 2.79 bits per heavy atom. The van der Waals surface area contributed by atoms with Gasteiger partial charge in [0.15, 0.2) is 0 Å². The molecule has 0 atom stereocenters. The van der Waals surface area contributed by atoms with E-state index in [1.165, 1.54) is 25.7 Å². The summed E-state index contributed by atoms with van der Waals surface area (Å²) in [6.45, 7) is 5.19. The lowest BCUT2D eigenvalue weighted by molar-refractivity contribution is 0.345. The van der Waals surface area contributed by atoms with Gasteiger partial charge in [0.1, 0.15) is 0 Å². The SMILES string of the molecule is CC(C)(CN)CCCSc1nnnn1C1CCCC1. The van der Waals surface area contributed by atoms with Gasteiger partial charge in [-0.3, -0.25) is 0 Å². The minimum Gasteiger partial charge on any atom is -0.330 e. The maximum Gasteiger partial charge on any atom is 0.209 e. The highest BCUT2D eigenvalue weighted by atomic mass is 32.2. The smallest absolute Gasteiger partial charge is 0.209 e. The lowest BCUT2D eigenvalue weighted by Gasteiger charge is -2.21. The summed E-state index contributed by atoms with van der Waals surface area (Å²) in [4.78, 5) is 0. The summed E-state index contributed by atoms with van der Waals surface area (Å²) >= 11 is 1.78. The molecule has 0 radical (unpaired) electrons. The standard InChI is InChI=1S/C13H25N5S/c1-13(2,10-14)8-5-9-19-12-15-16-17-18(12)11-6-3-4-7-11/h11H,3-10,14H2,1-2H3. The van der Waals surface area contributed by atoms with Crippen molar-refractivity contribution in [2.45, 2.75) is 63.6 Å². The van der Waals surface area contributed by atoms with E-state index >= 15 is 0 Å². The summed E-state index contributed by atoms with van der Waals surface area (Å²) in [5, 5.41) is 13.1. The molecule has 19 heavy (non-hydrogen) atoms. The highest BCUT2D eigenvalue weighted by Crippen LogP contribution is 2.32. The molecule has 0 aliphatic heterocycles. The summed E-state index contributed by atoms with van der Waals surface area (Å²) in [6, 6.07) is 0.526. The molecule has 1 heterocycles. The molecule has 1 aromatic rings. The number of tetrazole rings is 1. The Labute approximate surface area is 119 Å². The first-order chi connectivity index (χ1) is 9.12. The van der Waals surface area contributed by atoms with Gasteiger partial charge in [-0.2, -0.15) is 0 Å². The van der Waals surface area contributed by atoms with Crippen LogP contribution in [0.2, 0.25) is 0 Å². The molecule has 108 valence electrons. The molecule has 0 unspecified atom stereocenters. The average molecular weight is 283 g/mol. The Hall–Kier alpha value is -0.620. The van der Waals surface area contributed by atoms with Gasteiger partial charge < -0.3 is 5.73 Å². The van der Waals surface area contributed by atoms with Gasteiger partial charge in [-0.05, 0) is 48.1 Å². The van der Waals surface area contributed by atoms with Crippen LogP contribution in [0.25, 0.3) is 0 Å². The second kappa shape index (κ2) is 6.70. The number of nitrogens with zero attached hydrogens (tertiary/aromatic N) is 4. The monoisotopic (exact) mass is 283 g/mol. The van der Waals surface area contributed by atoms with Crippen LogP contribution in [0.3, 0.4) is 0 Å². The molecule has 0 saturated heterocycles. The van der Waals surface area contributed by atoms with E-state index in [2.05, 4.69) is 29.4 Å². The largest absolute Gasteiger partial charge is 0.330 e. The summed E-state index contributed by atoms with van der Waals surface area (Å²) in [7, 11) is 0. The predicted molar refractivity (Wildman–Crippen MR) is 78.1 cm³/mol. The number of rotatable bonds is 7. The zero-order valence-corrected chi connectivity index (χ0v) is 12.8. The van der Waals surface area contributed by atoms with Gasteiger partial charge in [-0.25, -0.2) is 4.68 Å². The predicted octanol–water partition coefficient (Wildman–Crippen LogP) is 2.65. The van der Waals surface area contributed by atoms with Crippen LogP contribution in [0, 0.1) is 5.41 Å². The molecule has 1 aliphatic carbocycles. The van der Waals surface area contributed by atoms with Crippen LogP contribution >= 0.6 is 11.8 Å². The van der Waals surface area contributed by atoms with Gasteiger partial charge in [-0.15, -0.1) is 5.10 Å². The van der Waals surface area contributed by atoms with Crippen molar-refractivity contribution in [3.8, 4) is 0 Å². The third-order valence-electron chi connectivity index (χ3n) is 3.91. The van der Waals surface area contributed by atoms with Crippen molar-refractivity contribution in [3.63, 3.8) is 0 Å². The van der Waals surface area contributed by atoms with Crippen LogP contribution in [0.4, 0.5) is 0 Å². The number of nitrogens with two attached hydrogens (primary N) is 1. The molecular formula is C13H25N5S. The zero-order valence-electron chi connectivity index (χ0n) is 12.0. The van der Waals surface area contributed by atoms with Gasteiger partial charge in [0, 0.05) is 5.75 Å². The third kappa shape index (κ3) is 4.18. The molecule has 1 aliphatic rings. The minimum atomic E-state index is 0.248. The van der Waals surface area contributed by atoms with Gasteiger partial charge in [0.2, 0.25) is 5.16 Å². The Kier molecular flexibility index (Phi) is 5.21. The van der Waals surface area contributed by atoms with Gasteiger partial charge in [-0.1, -0.05) is 38.5 Å². The first kappa shape index (κ1) is 14.8. The van der Waals surface area contributed by atoms with Crippen molar-refractivity contribution in [1.29, 1.82) is 0 Å². The zero-order chi connectivity index (χ0) is 13.7. The van der Waals surface area contributed by atoms with Crippen molar-refractivity contribution < 1.29 is 0 Å². The first-order valence-electron chi connectivity index (χ1n) is 7.23.